The smallest absolute Gasteiger partial charge is 0.223 e. The van der Waals surface area contributed by atoms with Crippen molar-refractivity contribution in [3.63, 3.8) is 0 Å². The number of ether oxygens (including phenoxy) is 1. The predicted octanol–water partition coefficient (Wildman–Crippen LogP) is 1.90. The maximum atomic E-state index is 11.7. The molecular weight excluding hydrogens is 228 g/mol. The lowest BCUT2D eigenvalue weighted by molar-refractivity contribution is -0.125. The third-order valence-corrected chi connectivity index (χ3v) is 3.35. The van der Waals surface area contributed by atoms with E-state index in [9.17, 15) is 4.79 Å². The average molecular weight is 258 g/mol. The summed E-state index contributed by atoms with van der Waals surface area (Å²) >= 11 is 0. The van der Waals surface area contributed by atoms with E-state index in [-0.39, 0.29) is 11.8 Å². The number of amides is 1. The lowest BCUT2D eigenvalue weighted by Gasteiger charge is -2.18. The maximum Gasteiger partial charge on any atom is 0.223 e. The zero-order chi connectivity index (χ0) is 13.8. The molecule has 0 spiro atoms. The normalized spacial score (nSPS) is 11.2. The molecule has 0 atom stereocenters. The van der Waals surface area contributed by atoms with E-state index in [1.54, 1.807) is 0 Å². The molecule has 4 heteroatoms. The number of nitrogens with zero attached hydrogens (tertiary/aromatic N) is 1. The van der Waals surface area contributed by atoms with Crippen molar-refractivity contribution in [3.8, 4) is 0 Å². The van der Waals surface area contributed by atoms with Crippen molar-refractivity contribution in [2.75, 3.05) is 39.4 Å². The Hall–Kier alpha value is -0.610. The van der Waals surface area contributed by atoms with Gasteiger partial charge in [0.1, 0.15) is 0 Å². The highest BCUT2D eigenvalue weighted by Gasteiger charge is 2.12. The van der Waals surface area contributed by atoms with E-state index in [0.29, 0.717) is 13.2 Å². The molecule has 4 nitrogen and oxygen atoms in total. The SMILES string of the molecule is CCC(CC)C(=O)NCCOCCN(CC)CC. The molecule has 0 saturated heterocycles. The van der Waals surface area contributed by atoms with E-state index in [1.807, 2.05) is 13.8 Å². The van der Waals surface area contributed by atoms with Crippen LogP contribution < -0.4 is 5.32 Å². The van der Waals surface area contributed by atoms with Crippen LogP contribution in [0.4, 0.5) is 0 Å². The topological polar surface area (TPSA) is 41.6 Å². The number of rotatable bonds is 11. The fraction of sp³-hybridized carbons (Fsp3) is 0.929. The lowest BCUT2D eigenvalue weighted by Crippen LogP contribution is -2.33. The predicted molar refractivity (Wildman–Crippen MR) is 75.7 cm³/mol. The Kier molecular flexibility index (Phi) is 11.1. The van der Waals surface area contributed by atoms with Gasteiger partial charge in [-0.25, -0.2) is 0 Å². The summed E-state index contributed by atoms with van der Waals surface area (Å²) in [5.74, 6) is 0.313. The Balaban J connectivity index is 3.48. The average Bonchev–Trinajstić information content (AvgIpc) is 2.39. The second kappa shape index (κ2) is 11.5. The van der Waals surface area contributed by atoms with Gasteiger partial charge in [-0.2, -0.15) is 0 Å². The van der Waals surface area contributed by atoms with Gasteiger partial charge in [-0.3, -0.25) is 4.79 Å². The number of nitrogens with one attached hydrogen (secondary N) is 1. The quantitative estimate of drug-likeness (QED) is 0.576. The molecular formula is C14H30N2O2. The van der Waals surface area contributed by atoms with Crippen LogP contribution in [0.2, 0.25) is 0 Å². The first-order chi connectivity index (χ1) is 8.69. The molecule has 108 valence electrons. The highest BCUT2D eigenvalue weighted by Crippen LogP contribution is 2.06. The first-order valence-corrected chi connectivity index (χ1v) is 7.27. The van der Waals surface area contributed by atoms with E-state index in [2.05, 4.69) is 24.1 Å². The Bertz CT molecular complexity index is 202. The van der Waals surface area contributed by atoms with Crippen LogP contribution in [0.25, 0.3) is 0 Å². The molecule has 0 radical (unpaired) electrons. The van der Waals surface area contributed by atoms with Crippen LogP contribution in [-0.4, -0.2) is 50.2 Å². The molecule has 0 rings (SSSR count). The zero-order valence-electron chi connectivity index (χ0n) is 12.5. The van der Waals surface area contributed by atoms with Crippen molar-refractivity contribution >= 4 is 5.91 Å². The third kappa shape index (κ3) is 7.67. The molecule has 1 amide bonds. The minimum Gasteiger partial charge on any atom is -0.378 e. The molecule has 0 bridgehead atoms. The van der Waals surface area contributed by atoms with Gasteiger partial charge in [0.2, 0.25) is 5.91 Å². The van der Waals surface area contributed by atoms with Crippen LogP contribution in [0.3, 0.4) is 0 Å². The molecule has 18 heavy (non-hydrogen) atoms. The van der Waals surface area contributed by atoms with Gasteiger partial charge in [-0.15, -0.1) is 0 Å². The van der Waals surface area contributed by atoms with Gasteiger partial charge in [0.25, 0.3) is 0 Å². The first kappa shape index (κ1) is 17.4. The monoisotopic (exact) mass is 258 g/mol. The van der Waals surface area contributed by atoms with Crippen molar-refractivity contribution in [2.45, 2.75) is 40.5 Å². The highest BCUT2D eigenvalue weighted by molar-refractivity contribution is 5.78. The van der Waals surface area contributed by atoms with Crippen molar-refractivity contribution < 1.29 is 9.53 Å². The zero-order valence-corrected chi connectivity index (χ0v) is 12.5. The minimum absolute atomic E-state index is 0.153. The second-order valence-corrected chi connectivity index (χ2v) is 4.44. The van der Waals surface area contributed by atoms with Gasteiger partial charge in [-0.1, -0.05) is 27.7 Å². The molecule has 1 N–H and O–H groups in total. The van der Waals surface area contributed by atoms with Gasteiger partial charge in [0, 0.05) is 19.0 Å². The maximum absolute atomic E-state index is 11.7. The van der Waals surface area contributed by atoms with Crippen molar-refractivity contribution in [3.05, 3.63) is 0 Å². The fourth-order valence-corrected chi connectivity index (χ4v) is 1.89. The van der Waals surface area contributed by atoms with Gasteiger partial charge in [0.05, 0.1) is 13.2 Å². The summed E-state index contributed by atoms with van der Waals surface area (Å²) in [6.07, 6.45) is 1.82. The van der Waals surface area contributed by atoms with Gasteiger partial charge < -0.3 is 15.0 Å². The molecule has 0 aliphatic heterocycles. The molecule has 0 aromatic heterocycles. The Morgan fingerprint density at radius 3 is 2.22 bits per heavy atom. The summed E-state index contributed by atoms with van der Waals surface area (Å²) < 4.78 is 5.51. The first-order valence-electron chi connectivity index (χ1n) is 7.27. The Morgan fingerprint density at radius 2 is 1.72 bits per heavy atom. The van der Waals surface area contributed by atoms with E-state index < -0.39 is 0 Å². The standard InChI is InChI=1S/C14H30N2O2/c1-5-13(6-2)14(17)15-9-11-18-12-10-16(7-3)8-4/h13H,5-12H2,1-4H3,(H,15,17). The van der Waals surface area contributed by atoms with E-state index in [0.717, 1.165) is 39.1 Å². The van der Waals surface area contributed by atoms with Crippen LogP contribution in [0, 0.1) is 5.92 Å². The van der Waals surface area contributed by atoms with Crippen molar-refractivity contribution in [1.82, 2.24) is 10.2 Å². The molecule has 0 saturated carbocycles. The molecule has 0 unspecified atom stereocenters. The van der Waals surface area contributed by atoms with Gasteiger partial charge >= 0.3 is 0 Å². The van der Waals surface area contributed by atoms with Gasteiger partial charge in [0.15, 0.2) is 0 Å². The van der Waals surface area contributed by atoms with Crippen molar-refractivity contribution in [2.24, 2.45) is 5.92 Å². The van der Waals surface area contributed by atoms with Crippen LogP contribution in [0.15, 0.2) is 0 Å². The number of likely N-dealkylation sites (N-methyl/N-ethyl adjacent to an activating group) is 1. The third-order valence-electron chi connectivity index (χ3n) is 3.35. The minimum atomic E-state index is 0.153. The summed E-state index contributed by atoms with van der Waals surface area (Å²) in [5.41, 5.74) is 0. The number of carbonyl (C=O) groups is 1. The molecule has 0 heterocycles. The molecule has 0 fully saturated rings. The van der Waals surface area contributed by atoms with Crippen LogP contribution >= 0.6 is 0 Å². The number of hydrogen-bond acceptors (Lipinski definition) is 3. The summed E-state index contributed by atoms with van der Waals surface area (Å²) in [5, 5.41) is 2.92. The largest absolute Gasteiger partial charge is 0.378 e. The fourth-order valence-electron chi connectivity index (χ4n) is 1.89. The molecule has 0 aromatic rings. The molecule has 0 aliphatic rings. The Morgan fingerprint density at radius 1 is 1.11 bits per heavy atom. The summed E-state index contributed by atoms with van der Waals surface area (Å²) in [7, 11) is 0. The number of carbonyl (C=O) groups excluding carboxylic acids is 1. The molecule has 0 aliphatic carbocycles. The summed E-state index contributed by atoms with van der Waals surface area (Å²) in [6.45, 7) is 13.5. The van der Waals surface area contributed by atoms with Crippen LogP contribution in [0.5, 0.6) is 0 Å². The van der Waals surface area contributed by atoms with Crippen molar-refractivity contribution in [1.29, 1.82) is 0 Å². The highest BCUT2D eigenvalue weighted by atomic mass is 16.5. The summed E-state index contributed by atoms with van der Waals surface area (Å²) in [6, 6.07) is 0. The lowest BCUT2D eigenvalue weighted by atomic mass is 10.0. The van der Waals surface area contributed by atoms with E-state index in [4.69, 9.17) is 4.74 Å². The van der Waals surface area contributed by atoms with E-state index in [1.165, 1.54) is 0 Å². The summed E-state index contributed by atoms with van der Waals surface area (Å²) in [4.78, 5) is 14.0. The number of hydrogen-bond donors (Lipinski definition) is 1. The molecule has 0 aromatic carbocycles. The van der Waals surface area contributed by atoms with Crippen LogP contribution in [-0.2, 0) is 9.53 Å². The van der Waals surface area contributed by atoms with E-state index >= 15 is 0 Å². The Labute approximate surface area is 112 Å². The van der Waals surface area contributed by atoms with Gasteiger partial charge in [-0.05, 0) is 25.9 Å². The van der Waals surface area contributed by atoms with Crippen LogP contribution in [0.1, 0.15) is 40.5 Å². The second-order valence-electron chi connectivity index (χ2n) is 4.44.